The Morgan fingerprint density at radius 3 is 2.96 bits per heavy atom. The fraction of sp³-hybridized carbons (Fsp3) is 0.611. The highest BCUT2D eigenvalue weighted by molar-refractivity contribution is 8.00. The average Bonchev–Trinajstić information content (AvgIpc) is 3.30. The van der Waals surface area contributed by atoms with Crippen molar-refractivity contribution in [3.63, 3.8) is 0 Å². The van der Waals surface area contributed by atoms with Gasteiger partial charge < -0.3 is 14.8 Å². The summed E-state index contributed by atoms with van der Waals surface area (Å²) in [6.45, 7) is 1.62. The predicted molar refractivity (Wildman–Crippen MR) is 107 cm³/mol. The summed E-state index contributed by atoms with van der Waals surface area (Å²) in [7, 11) is 0. The van der Waals surface area contributed by atoms with E-state index < -0.39 is 0 Å². The van der Waals surface area contributed by atoms with Crippen LogP contribution in [0.1, 0.15) is 50.7 Å². The van der Waals surface area contributed by atoms with Crippen molar-refractivity contribution in [3.8, 4) is 0 Å². The third-order valence-electron chi connectivity index (χ3n) is 4.51. The number of hydrogen-bond acceptors (Lipinski definition) is 7. The second kappa shape index (κ2) is 10.1. The lowest BCUT2D eigenvalue weighted by Gasteiger charge is -2.19. The predicted octanol–water partition coefficient (Wildman–Crippen LogP) is 4.05. The first-order valence-corrected chi connectivity index (χ1v) is 11.1. The molecule has 0 spiro atoms. The van der Waals surface area contributed by atoms with Gasteiger partial charge in [0.05, 0.1) is 35.0 Å². The number of thiazole rings is 1. The number of amides is 2. The van der Waals surface area contributed by atoms with Crippen molar-refractivity contribution >= 4 is 34.3 Å². The lowest BCUT2D eigenvalue weighted by atomic mass is 9.86. The van der Waals surface area contributed by atoms with E-state index in [0.29, 0.717) is 10.9 Å². The minimum Gasteiger partial charge on any atom is -0.445 e. The molecule has 0 radical (unpaired) electrons. The third-order valence-corrected chi connectivity index (χ3v) is 6.60. The molecule has 2 heterocycles. The van der Waals surface area contributed by atoms with Gasteiger partial charge in [-0.25, -0.2) is 14.8 Å². The van der Waals surface area contributed by atoms with E-state index in [0.717, 1.165) is 28.2 Å². The standard InChI is InChI=1S/C18H26N4O3S2/c1-12(10-23)21-17(24)22-18-20-9-16(27-18)26-11-15-19-8-14(25-15)7-13-5-3-2-4-6-13/h8-9,12-13,23H,2-7,10-11H2,1H3,(H2,20,21,22,24). The van der Waals surface area contributed by atoms with E-state index in [1.54, 1.807) is 24.9 Å². The Morgan fingerprint density at radius 2 is 2.19 bits per heavy atom. The normalized spacial score (nSPS) is 16.2. The van der Waals surface area contributed by atoms with Gasteiger partial charge in [-0.2, -0.15) is 0 Å². The molecule has 7 nitrogen and oxygen atoms in total. The molecule has 1 atom stereocenters. The van der Waals surface area contributed by atoms with Crippen LogP contribution in [0.3, 0.4) is 0 Å². The maximum absolute atomic E-state index is 11.7. The number of carbonyl (C=O) groups is 1. The van der Waals surface area contributed by atoms with E-state index in [1.165, 1.54) is 43.4 Å². The molecule has 9 heteroatoms. The highest BCUT2D eigenvalue weighted by atomic mass is 32.2. The van der Waals surface area contributed by atoms with Crippen molar-refractivity contribution in [1.82, 2.24) is 15.3 Å². The third kappa shape index (κ3) is 6.51. The second-order valence-electron chi connectivity index (χ2n) is 6.88. The van der Waals surface area contributed by atoms with E-state index in [9.17, 15) is 4.79 Å². The summed E-state index contributed by atoms with van der Waals surface area (Å²) in [5, 5.41) is 14.8. The molecular formula is C18H26N4O3S2. The molecule has 1 aliphatic rings. The zero-order chi connectivity index (χ0) is 19.1. The van der Waals surface area contributed by atoms with E-state index >= 15 is 0 Å². The van der Waals surface area contributed by atoms with Crippen molar-refractivity contribution in [3.05, 3.63) is 24.0 Å². The first-order chi connectivity index (χ1) is 13.1. The van der Waals surface area contributed by atoms with Crippen molar-refractivity contribution in [2.75, 3.05) is 11.9 Å². The summed E-state index contributed by atoms with van der Waals surface area (Å²) in [6, 6.07) is -0.672. The van der Waals surface area contributed by atoms with Crippen molar-refractivity contribution in [2.24, 2.45) is 5.92 Å². The van der Waals surface area contributed by atoms with Crippen LogP contribution >= 0.6 is 23.1 Å². The van der Waals surface area contributed by atoms with Gasteiger partial charge in [0.15, 0.2) is 5.13 Å². The van der Waals surface area contributed by atoms with Gasteiger partial charge in [-0.05, 0) is 12.8 Å². The van der Waals surface area contributed by atoms with Crippen LogP contribution in [0.15, 0.2) is 21.0 Å². The molecule has 2 amide bonds. The zero-order valence-corrected chi connectivity index (χ0v) is 17.1. The van der Waals surface area contributed by atoms with Crippen molar-refractivity contribution < 1.29 is 14.3 Å². The monoisotopic (exact) mass is 410 g/mol. The first-order valence-electron chi connectivity index (χ1n) is 9.33. The van der Waals surface area contributed by atoms with Gasteiger partial charge in [0.2, 0.25) is 5.89 Å². The van der Waals surface area contributed by atoms with Crippen LogP contribution in [0.25, 0.3) is 0 Å². The second-order valence-corrected chi connectivity index (χ2v) is 9.19. The van der Waals surface area contributed by atoms with Crippen LogP contribution in [-0.2, 0) is 12.2 Å². The fourth-order valence-electron chi connectivity index (χ4n) is 3.10. The molecular weight excluding hydrogens is 384 g/mol. The van der Waals surface area contributed by atoms with E-state index in [4.69, 9.17) is 9.52 Å². The largest absolute Gasteiger partial charge is 0.445 e. The Hall–Kier alpha value is -1.58. The van der Waals surface area contributed by atoms with E-state index in [-0.39, 0.29) is 18.7 Å². The molecule has 0 aromatic carbocycles. The van der Waals surface area contributed by atoms with Gasteiger partial charge in [-0.3, -0.25) is 5.32 Å². The topological polar surface area (TPSA) is 100 Å². The number of carbonyl (C=O) groups excluding carboxylic acids is 1. The number of oxazole rings is 1. The van der Waals surface area contributed by atoms with Crippen LogP contribution in [0.2, 0.25) is 0 Å². The highest BCUT2D eigenvalue weighted by Gasteiger charge is 2.16. The van der Waals surface area contributed by atoms with Crippen LogP contribution in [-0.4, -0.2) is 33.8 Å². The summed E-state index contributed by atoms with van der Waals surface area (Å²) in [4.78, 5) is 20.3. The van der Waals surface area contributed by atoms with E-state index in [1.807, 2.05) is 6.20 Å². The Balaban J connectivity index is 1.44. The zero-order valence-electron chi connectivity index (χ0n) is 15.4. The molecule has 1 unspecified atom stereocenters. The Kier molecular flexibility index (Phi) is 7.54. The number of aliphatic hydroxyl groups excluding tert-OH is 1. The molecule has 148 valence electrons. The summed E-state index contributed by atoms with van der Waals surface area (Å²) in [6.07, 6.45) is 11.2. The molecule has 0 aliphatic heterocycles. The Morgan fingerprint density at radius 1 is 1.37 bits per heavy atom. The number of nitrogens with zero attached hydrogens (tertiary/aromatic N) is 2. The van der Waals surface area contributed by atoms with Gasteiger partial charge in [-0.15, -0.1) is 11.8 Å². The molecule has 0 saturated heterocycles. The molecule has 2 aromatic heterocycles. The van der Waals surface area contributed by atoms with Crippen molar-refractivity contribution in [1.29, 1.82) is 0 Å². The highest BCUT2D eigenvalue weighted by Crippen LogP contribution is 2.31. The molecule has 3 N–H and O–H groups in total. The van der Waals surface area contributed by atoms with Crippen LogP contribution in [0.5, 0.6) is 0 Å². The maximum atomic E-state index is 11.7. The van der Waals surface area contributed by atoms with Gasteiger partial charge >= 0.3 is 6.03 Å². The summed E-state index contributed by atoms with van der Waals surface area (Å²) < 4.78 is 6.86. The van der Waals surface area contributed by atoms with Gasteiger partial charge in [-0.1, -0.05) is 43.4 Å². The van der Waals surface area contributed by atoms with Gasteiger partial charge in [0.1, 0.15) is 5.76 Å². The van der Waals surface area contributed by atoms with Gasteiger partial charge in [0.25, 0.3) is 0 Å². The smallest absolute Gasteiger partial charge is 0.321 e. The summed E-state index contributed by atoms with van der Waals surface area (Å²) in [5.74, 6) is 3.09. The number of thioether (sulfide) groups is 1. The number of urea groups is 1. The molecule has 1 fully saturated rings. The number of aliphatic hydroxyl groups is 1. The number of nitrogens with one attached hydrogen (secondary N) is 2. The minimum atomic E-state index is -0.373. The van der Waals surface area contributed by atoms with Crippen LogP contribution in [0.4, 0.5) is 9.93 Å². The summed E-state index contributed by atoms with van der Waals surface area (Å²) >= 11 is 2.99. The van der Waals surface area contributed by atoms with Gasteiger partial charge in [0, 0.05) is 6.42 Å². The SMILES string of the molecule is CC(CO)NC(=O)Nc1ncc(SCc2ncc(CC3CCCCC3)o2)s1. The first kappa shape index (κ1) is 20.2. The Bertz CT molecular complexity index is 728. The lowest BCUT2D eigenvalue weighted by Crippen LogP contribution is -2.38. The molecule has 0 bridgehead atoms. The molecule has 1 saturated carbocycles. The molecule has 27 heavy (non-hydrogen) atoms. The molecule has 2 aromatic rings. The minimum absolute atomic E-state index is 0.106. The van der Waals surface area contributed by atoms with Crippen molar-refractivity contribution in [2.45, 2.75) is 61.5 Å². The molecule has 3 rings (SSSR count). The fourth-order valence-corrected chi connectivity index (χ4v) is 4.83. The van der Waals surface area contributed by atoms with E-state index in [2.05, 4.69) is 20.6 Å². The number of rotatable bonds is 8. The molecule has 1 aliphatic carbocycles. The summed E-state index contributed by atoms with van der Waals surface area (Å²) in [5.41, 5.74) is 0. The quantitative estimate of drug-likeness (QED) is 0.568. The number of aromatic nitrogens is 2. The lowest BCUT2D eigenvalue weighted by molar-refractivity contribution is 0.229. The van der Waals surface area contributed by atoms with Crippen LogP contribution < -0.4 is 10.6 Å². The Labute approximate surface area is 167 Å². The maximum Gasteiger partial charge on any atom is 0.321 e. The van der Waals surface area contributed by atoms with Crippen LogP contribution in [0, 0.1) is 5.92 Å². The number of hydrogen-bond donors (Lipinski definition) is 3. The number of anilines is 1. The average molecular weight is 411 g/mol.